The third-order valence-corrected chi connectivity index (χ3v) is 4.54. The van der Waals surface area contributed by atoms with E-state index in [1.54, 1.807) is 0 Å². The summed E-state index contributed by atoms with van der Waals surface area (Å²) in [6.07, 6.45) is 5.90. The Balaban J connectivity index is 0.00000162. The molecule has 0 aromatic rings. The SMILES string of the molecule is CC(C)CCCNC(=O)C1C2CCC(C2)C1N.Cl. The molecule has 0 radical (unpaired) electrons. The minimum Gasteiger partial charge on any atom is -0.356 e. The van der Waals surface area contributed by atoms with Crippen molar-refractivity contribution in [2.24, 2.45) is 29.4 Å². The fourth-order valence-electron chi connectivity index (χ4n) is 3.56. The molecule has 2 fully saturated rings. The molecule has 1 amide bonds. The van der Waals surface area contributed by atoms with E-state index in [9.17, 15) is 4.79 Å². The van der Waals surface area contributed by atoms with E-state index < -0.39 is 0 Å². The van der Waals surface area contributed by atoms with Gasteiger partial charge in [-0.25, -0.2) is 0 Å². The van der Waals surface area contributed by atoms with Gasteiger partial charge in [0.15, 0.2) is 0 Å². The molecule has 106 valence electrons. The zero-order valence-electron chi connectivity index (χ0n) is 11.5. The van der Waals surface area contributed by atoms with Gasteiger partial charge < -0.3 is 11.1 Å². The standard InChI is InChI=1S/C14H26N2O.ClH/c1-9(2)4-3-7-16-14(17)12-10-5-6-11(8-10)13(12)15;/h9-13H,3-8,15H2,1-2H3,(H,16,17);1H. The zero-order valence-corrected chi connectivity index (χ0v) is 12.3. The Morgan fingerprint density at radius 2 is 2.00 bits per heavy atom. The highest BCUT2D eigenvalue weighted by atomic mass is 35.5. The molecule has 3 nitrogen and oxygen atoms in total. The maximum absolute atomic E-state index is 12.1. The van der Waals surface area contributed by atoms with E-state index in [0.29, 0.717) is 11.8 Å². The van der Waals surface area contributed by atoms with Gasteiger partial charge in [0.05, 0.1) is 5.92 Å². The molecule has 0 aliphatic heterocycles. The molecule has 4 unspecified atom stereocenters. The van der Waals surface area contributed by atoms with Crippen molar-refractivity contribution in [1.29, 1.82) is 0 Å². The quantitative estimate of drug-likeness (QED) is 0.756. The van der Waals surface area contributed by atoms with Crippen LogP contribution in [0, 0.1) is 23.7 Å². The topological polar surface area (TPSA) is 55.1 Å². The fourth-order valence-corrected chi connectivity index (χ4v) is 3.56. The molecule has 0 heterocycles. The van der Waals surface area contributed by atoms with E-state index in [4.69, 9.17) is 5.73 Å². The lowest BCUT2D eigenvalue weighted by Crippen LogP contribution is -2.45. The Labute approximate surface area is 117 Å². The molecule has 2 bridgehead atoms. The van der Waals surface area contributed by atoms with Crippen LogP contribution in [-0.2, 0) is 4.79 Å². The second-order valence-electron chi connectivity index (χ2n) is 6.26. The highest BCUT2D eigenvalue weighted by Crippen LogP contribution is 2.47. The maximum atomic E-state index is 12.1. The Morgan fingerprint density at radius 1 is 1.33 bits per heavy atom. The average molecular weight is 275 g/mol. The number of hydrogen-bond donors (Lipinski definition) is 2. The second kappa shape index (κ2) is 6.76. The summed E-state index contributed by atoms with van der Waals surface area (Å²) in [5, 5.41) is 3.08. The molecule has 2 aliphatic rings. The Kier molecular flexibility index (Phi) is 5.93. The van der Waals surface area contributed by atoms with Crippen LogP contribution in [0.4, 0.5) is 0 Å². The monoisotopic (exact) mass is 274 g/mol. The molecule has 4 atom stereocenters. The third kappa shape index (κ3) is 3.39. The lowest BCUT2D eigenvalue weighted by molar-refractivity contribution is -0.127. The Hall–Kier alpha value is -0.280. The van der Waals surface area contributed by atoms with Gasteiger partial charge in [-0.3, -0.25) is 4.79 Å². The highest BCUT2D eigenvalue weighted by molar-refractivity contribution is 5.85. The molecule has 2 rings (SSSR count). The molecule has 2 saturated carbocycles. The Morgan fingerprint density at radius 3 is 2.56 bits per heavy atom. The van der Waals surface area contributed by atoms with Crippen molar-refractivity contribution in [1.82, 2.24) is 5.32 Å². The van der Waals surface area contributed by atoms with Gasteiger partial charge in [-0.2, -0.15) is 0 Å². The summed E-state index contributed by atoms with van der Waals surface area (Å²) in [7, 11) is 0. The van der Waals surface area contributed by atoms with Crippen LogP contribution in [0.2, 0.25) is 0 Å². The first-order valence-electron chi connectivity index (χ1n) is 7.13. The zero-order chi connectivity index (χ0) is 12.4. The van der Waals surface area contributed by atoms with Gasteiger partial charge in [0.1, 0.15) is 0 Å². The molecule has 0 saturated heterocycles. The molecule has 0 spiro atoms. The number of hydrogen-bond acceptors (Lipinski definition) is 2. The highest BCUT2D eigenvalue weighted by Gasteiger charge is 2.48. The van der Waals surface area contributed by atoms with Gasteiger partial charge in [0.25, 0.3) is 0 Å². The largest absolute Gasteiger partial charge is 0.356 e. The minimum absolute atomic E-state index is 0. The number of rotatable bonds is 5. The number of carbonyl (C=O) groups is 1. The molecule has 2 aliphatic carbocycles. The molecule has 18 heavy (non-hydrogen) atoms. The summed E-state index contributed by atoms with van der Waals surface area (Å²) >= 11 is 0. The predicted octanol–water partition coefficient (Wildman–Crippen LogP) is 2.33. The fraction of sp³-hybridized carbons (Fsp3) is 0.929. The summed E-state index contributed by atoms with van der Waals surface area (Å²) in [5.74, 6) is 2.23. The molecule has 4 heteroatoms. The first-order valence-corrected chi connectivity index (χ1v) is 7.13. The van der Waals surface area contributed by atoms with Crippen molar-refractivity contribution in [2.75, 3.05) is 6.54 Å². The van der Waals surface area contributed by atoms with E-state index in [1.165, 1.54) is 25.7 Å². The number of carbonyl (C=O) groups excluding carboxylic acids is 1. The minimum atomic E-state index is 0. The van der Waals surface area contributed by atoms with Gasteiger partial charge in [-0.1, -0.05) is 13.8 Å². The number of fused-ring (bicyclic) bond motifs is 2. The van der Waals surface area contributed by atoms with Gasteiger partial charge >= 0.3 is 0 Å². The van der Waals surface area contributed by atoms with Crippen LogP contribution in [0.1, 0.15) is 46.0 Å². The normalized spacial score (nSPS) is 33.6. The van der Waals surface area contributed by atoms with E-state index >= 15 is 0 Å². The molecular weight excluding hydrogens is 248 g/mol. The first kappa shape index (κ1) is 15.8. The van der Waals surface area contributed by atoms with Crippen LogP contribution in [0.3, 0.4) is 0 Å². The van der Waals surface area contributed by atoms with Gasteiger partial charge in [-0.15, -0.1) is 12.4 Å². The van der Waals surface area contributed by atoms with Crippen LogP contribution >= 0.6 is 12.4 Å². The predicted molar refractivity (Wildman–Crippen MR) is 76.6 cm³/mol. The number of nitrogens with two attached hydrogens (primary N) is 1. The number of halogens is 1. The van der Waals surface area contributed by atoms with Crippen molar-refractivity contribution in [3.8, 4) is 0 Å². The van der Waals surface area contributed by atoms with Crippen LogP contribution in [-0.4, -0.2) is 18.5 Å². The van der Waals surface area contributed by atoms with Gasteiger partial charge in [-0.05, 0) is 49.9 Å². The summed E-state index contributed by atoms with van der Waals surface area (Å²) in [6, 6.07) is 0.124. The Bertz CT molecular complexity index is 281. The second-order valence-corrected chi connectivity index (χ2v) is 6.26. The van der Waals surface area contributed by atoms with Crippen molar-refractivity contribution >= 4 is 18.3 Å². The van der Waals surface area contributed by atoms with Crippen molar-refractivity contribution in [3.63, 3.8) is 0 Å². The summed E-state index contributed by atoms with van der Waals surface area (Å²) in [5.41, 5.74) is 6.16. The summed E-state index contributed by atoms with van der Waals surface area (Å²) < 4.78 is 0. The molecule has 0 aromatic carbocycles. The van der Waals surface area contributed by atoms with Crippen molar-refractivity contribution < 1.29 is 4.79 Å². The van der Waals surface area contributed by atoms with Crippen LogP contribution in [0.25, 0.3) is 0 Å². The molecule has 3 N–H and O–H groups in total. The molecular formula is C14H27ClN2O. The van der Waals surface area contributed by atoms with Crippen LogP contribution in [0.5, 0.6) is 0 Å². The summed E-state index contributed by atoms with van der Waals surface area (Å²) in [6.45, 7) is 5.25. The van der Waals surface area contributed by atoms with Crippen LogP contribution < -0.4 is 11.1 Å². The van der Waals surface area contributed by atoms with Crippen molar-refractivity contribution in [2.45, 2.75) is 52.0 Å². The van der Waals surface area contributed by atoms with E-state index in [1.807, 2.05) is 0 Å². The van der Waals surface area contributed by atoms with Gasteiger partial charge in [0, 0.05) is 12.6 Å². The summed E-state index contributed by atoms with van der Waals surface area (Å²) in [4.78, 5) is 12.1. The first-order chi connectivity index (χ1) is 8.09. The maximum Gasteiger partial charge on any atom is 0.224 e. The lowest BCUT2D eigenvalue weighted by atomic mass is 9.84. The smallest absolute Gasteiger partial charge is 0.224 e. The van der Waals surface area contributed by atoms with Crippen LogP contribution in [0.15, 0.2) is 0 Å². The van der Waals surface area contributed by atoms with E-state index in [0.717, 1.165) is 18.9 Å². The van der Waals surface area contributed by atoms with Crippen molar-refractivity contribution in [3.05, 3.63) is 0 Å². The lowest BCUT2D eigenvalue weighted by Gasteiger charge is -2.27. The number of amides is 1. The average Bonchev–Trinajstić information content (AvgIpc) is 2.84. The molecule has 0 aromatic heterocycles. The van der Waals surface area contributed by atoms with Gasteiger partial charge in [0.2, 0.25) is 5.91 Å². The number of nitrogens with one attached hydrogen (secondary N) is 1. The van der Waals surface area contributed by atoms with E-state index in [2.05, 4.69) is 19.2 Å². The van der Waals surface area contributed by atoms with E-state index in [-0.39, 0.29) is 30.3 Å². The third-order valence-electron chi connectivity index (χ3n) is 4.54.